The maximum atomic E-state index is 12.7. The summed E-state index contributed by atoms with van der Waals surface area (Å²) < 4.78 is 10.5. The highest BCUT2D eigenvalue weighted by Crippen LogP contribution is 2.36. The van der Waals surface area contributed by atoms with Crippen molar-refractivity contribution >= 4 is 28.9 Å². The van der Waals surface area contributed by atoms with Crippen LogP contribution in [0.1, 0.15) is 15.9 Å². The average Bonchev–Trinajstić information content (AvgIpc) is 2.85. The van der Waals surface area contributed by atoms with Gasteiger partial charge in [-0.25, -0.2) is 0 Å². The molecule has 7 heteroatoms. The Balaban J connectivity index is 1.34. The van der Waals surface area contributed by atoms with E-state index in [4.69, 9.17) is 21.1 Å². The van der Waals surface area contributed by atoms with Gasteiger partial charge in [0.25, 0.3) is 5.91 Å². The molecular weight excluding hydrogens is 438 g/mol. The average molecular weight is 466 g/mol. The fraction of sp³-hybridized carbons (Fsp3) is 0.269. The Labute approximate surface area is 199 Å². The van der Waals surface area contributed by atoms with Crippen molar-refractivity contribution in [1.82, 2.24) is 4.90 Å². The lowest BCUT2D eigenvalue weighted by atomic mass is 10.1. The second-order valence-corrected chi connectivity index (χ2v) is 8.35. The molecule has 3 aromatic rings. The normalized spacial score (nSPS) is 14.1. The first-order chi connectivity index (χ1) is 16.1. The monoisotopic (exact) mass is 465 g/mol. The van der Waals surface area contributed by atoms with Crippen molar-refractivity contribution in [3.63, 3.8) is 0 Å². The van der Waals surface area contributed by atoms with Crippen molar-refractivity contribution < 1.29 is 14.3 Å². The number of hydrogen-bond donors (Lipinski definition) is 1. The van der Waals surface area contributed by atoms with Crippen LogP contribution in [0.3, 0.4) is 0 Å². The molecule has 33 heavy (non-hydrogen) atoms. The van der Waals surface area contributed by atoms with Crippen LogP contribution < -0.4 is 19.7 Å². The summed E-state index contributed by atoms with van der Waals surface area (Å²) in [6.07, 6.45) is 0. The zero-order valence-corrected chi connectivity index (χ0v) is 19.6. The van der Waals surface area contributed by atoms with Crippen LogP contribution in [0.25, 0.3) is 0 Å². The molecule has 0 saturated carbocycles. The molecule has 1 N–H and O–H groups in total. The summed E-state index contributed by atoms with van der Waals surface area (Å²) in [5.41, 5.74) is 3.62. The lowest BCUT2D eigenvalue weighted by molar-refractivity contribution is 0.102. The van der Waals surface area contributed by atoms with Crippen molar-refractivity contribution in [2.45, 2.75) is 6.54 Å². The van der Waals surface area contributed by atoms with Crippen LogP contribution in [0.2, 0.25) is 5.02 Å². The Morgan fingerprint density at radius 3 is 2.27 bits per heavy atom. The van der Waals surface area contributed by atoms with E-state index < -0.39 is 0 Å². The predicted octanol–water partition coefficient (Wildman–Crippen LogP) is 4.93. The Bertz CT molecular complexity index is 1080. The maximum absolute atomic E-state index is 12.7. The summed E-state index contributed by atoms with van der Waals surface area (Å²) in [6.45, 7) is 4.98. The van der Waals surface area contributed by atoms with Crippen molar-refractivity contribution in [3.8, 4) is 11.5 Å². The molecule has 1 amide bonds. The van der Waals surface area contributed by atoms with Gasteiger partial charge in [0.2, 0.25) is 0 Å². The molecule has 0 aromatic heterocycles. The predicted molar refractivity (Wildman–Crippen MR) is 133 cm³/mol. The van der Waals surface area contributed by atoms with E-state index in [0.717, 1.165) is 44.1 Å². The zero-order chi connectivity index (χ0) is 23.2. The van der Waals surface area contributed by atoms with Crippen LogP contribution in [0.15, 0.2) is 66.7 Å². The van der Waals surface area contributed by atoms with Gasteiger partial charge in [-0.15, -0.1) is 0 Å². The van der Waals surface area contributed by atoms with E-state index in [9.17, 15) is 4.79 Å². The van der Waals surface area contributed by atoms with Crippen molar-refractivity contribution in [1.29, 1.82) is 0 Å². The number of hydrogen-bond acceptors (Lipinski definition) is 5. The smallest absolute Gasteiger partial charge is 0.255 e. The first-order valence-electron chi connectivity index (χ1n) is 10.9. The van der Waals surface area contributed by atoms with Gasteiger partial charge in [-0.05, 0) is 42.0 Å². The summed E-state index contributed by atoms with van der Waals surface area (Å²) in [5.74, 6) is 0.556. The molecule has 0 atom stereocenters. The minimum Gasteiger partial charge on any atom is -0.493 e. The number of nitrogens with one attached hydrogen (secondary N) is 1. The second kappa shape index (κ2) is 10.6. The molecule has 6 nitrogen and oxygen atoms in total. The van der Waals surface area contributed by atoms with Gasteiger partial charge in [0.15, 0.2) is 11.5 Å². The quantitative estimate of drug-likeness (QED) is 0.536. The number of benzene rings is 3. The molecule has 1 aliphatic rings. The highest BCUT2D eigenvalue weighted by Gasteiger charge is 2.18. The minimum atomic E-state index is -0.264. The molecule has 0 unspecified atom stereocenters. The summed E-state index contributed by atoms with van der Waals surface area (Å²) in [6, 6.07) is 21.7. The van der Waals surface area contributed by atoms with E-state index in [1.54, 1.807) is 12.1 Å². The first-order valence-corrected chi connectivity index (χ1v) is 11.3. The highest BCUT2D eigenvalue weighted by molar-refractivity contribution is 6.32. The van der Waals surface area contributed by atoms with Gasteiger partial charge in [0, 0.05) is 49.7 Å². The number of halogens is 1. The van der Waals surface area contributed by atoms with E-state index in [2.05, 4.69) is 45.4 Å². The molecule has 0 spiro atoms. The topological polar surface area (TPSA) is 54.0 Å². The van der Waals surface area contributed by atoms with E-state index in [1.807, 2.05) is 24.3 Å². The molecule has 1 heterocycles. The minimum absolute atomic E-state index is 0.264. The number of piperazine rings is 1. The number of carbonyl (C=O) groups is 1. The summed E-state index contributed by atoms with van der Waals surface area (Å²) in [5, 5.41) is 3.24. The fourth-order valence-electron chi connectivity index (χ4n) is 4.01. The lowest BCUT2D eigenvalue weighted by Gasteiger charge is -2.36. The third-order valence-corrected chi connectivity index (χ3v) is 6.09. The van der Waals surface area contributed by atoms with Crippen LogP contribution >= 0.6 is 11.6 Å². The Morgan fingerprint density at radius 1 is 0.939 bits per heavy atom. The number of ether oxygens (including phenoxy) is 2. The van der Waals surface area contributed by atoms with Crippen LogP contribution in [-0.2, 0) is 6.54 Å². The largest absolute Gasteiger partial charge is 0.493 e. The van der Waals surface area contributed by atoms with Crippen LogP contribution in [0.4, 0.5) is 11.4 Å². The van der Waals surface area contributed by atoms with Gasteiger partial charge in [0.1, 0.15) is 0 Å². The number of amides is 1. The van der Waals surface area contributed by atoms with Gasteiger partial charge in [-0.3, -0.25) is 9.69 Å². The molecular formula is C26H28ClN3O3. The summed E-state index contributed by atoms with van der Waals surface area (Å²) in [7, 11) is 3.02. The van der Waals surface area contributed by atoms with E-state index in [-0.39, 0.29) is 5.91 Å². The first kappa shape index (κ1) is 23.0. The molecule has 172 valence electrons. The van der Waals surface area contributed by atoms with Gasteiger partial charge < -0.3 is 19.7 Å². The van der Waals surface area contributed by atoms with Crippen molar-refractivity contribution in [2.75, 3.05) is 50.6 Å². The molecule has 0 aliphatic carbocycles. The van der Waals surface area contributed by atoms with E-state index in [1.165, 1.54) is 19.8 Å². The van der Waals surface area contributed by atoms with Gasteiger partial charge >= 0.3 is 0 Å². The van der Waals surface area contributed by atoms with Crippen LogP contribution in [-0.4, -0.2) is 51.2 Å². The summed E-state index contributed by atoms with van der Waals surface area (Å²) in [4.78, 5) is 17.6. The van der Waals surface area contributed by atoms with E-state index >= 15 is 0 Å². The SMILES string of the molecule is COc1cc(C(=O)Nc2ccc(N3CCN(Cc4ccccc4)CC3)cc2)cc(Cl)c1OC. The lowest BCUT2D eigenvalue weighted by Crippen LogP contribution is -2.45. The van der Waals surface area contributed by atoms with Crippen molar-refractivity contribution in [2.24, 2.45) is 0 Å². The Kier molecular flexibility index (Phi) is 7.37. The molecule has 3 aromatic carbocycles. The number of methoxy groups -OCH3 is 2. The third kappa shape index (κ3) is 5.59. The van der Waals surface area contributed by atoms with Gasteiger partial charge in [0.05, 0.1) is 19.2 Å². The number of nitrogens with zero attached hydrogens (tertiary/aromatic N) is 2. The molecule has 0 radical (unpaired) electrons. The third-order valence-electron chi connectivity index (χ3n) is 5.81. The standard InChI is InChI=1S/C26H28ClN3O3/c1-32-24-17-20(16-23(27)25(24)33-2)26(31)28-21-8-10-22(11-9-21)30-14-12-29(13-15-30)18-19-6-4-3-5-7-19/h3-11,16-17H,12-15,18H2,1-2H3,(H,28,31). The van der Waals surface area contributed by atoms with E-state index in [0.29, 0.717) is 22.1 Å². The molecule has 1 saturated heterocycles. The van der Waals surface area contributed by atoms with Crippen molar-refractivity contribution in [3.05, 3.63) is 82.9 Å². The second-order valence-electron chi connectivity index (χ2n) is 7.94. The van der Waals surface area contributed by atoms with Gasteiger partial charge in [-0.2, -0.15) is 0 Å². The number of carbonyl (C=O) groups excluding carboxylic acids is 1. The molecule has 1 fully saturated rings. The zero-order valence-electron chi connectivity index (χ0n) is 18.9. The Morgan fingerprint density at radius 2 is 1.64 bits per heavy atom. The fourth-order valence-corrected chi connectivity index (χ4v) is 4.30. The Hall–Kier alpha value is -3.22. The summed E-state index contributed by atoms with van der Waals surface area (Å²) >= 11 is 6.23. The maximum Gasteiger partial charge on any atom is 0.255 e. The van der Waals surface area contributed by atoms with Gasteiger partial charge in [-0.1, -0.05) is 41.9 Å². The van der Waals surface area contributed by atoms with Crippen LogP contribution in [0.5, 0.6) is 11.5 Å². The highest BCUT2D eigenvalue weighted by atomic mass is 35.5. The molecule has 4 rings (SSSR count). The number of anilines is 2. The number of rotatable bonds is 7. The van der Waals surface area contributed by atoms with Crippen LogP contribution in [0, 0.1) is 0 Å². The molecule has 0 bridgehead atoms. The molecule has 1 aliphatic heterocycles.